The normalized spacial score (nSPS) is 16.3. The lowest BCUT2D eigenvalue weighted by atomic mass is 10.0. The van der Waals surface area contributed by atoms with Gasteiger partial charge in [-0.3, -0.25) is 4.79 Å². The molecule has 2 nitrogen and oxygen atoms in total. The van der Waals surface area contributed by atoms with Crippen molar-refractivity contribution in [2.24, 2.45) is 0 Å². The summed E-state index contributed by atoms with van der Waals surface area (Å²) in [6.07, 6.45) is 6.88. The highest BCUT2D eigenvalue weighted by Gasteiger charge is 2.13. The van der Waals surface area contributed by atoms with E-state index in [2.05, 4.69) is 5.32 Å². The van der Waals surface area contributed by atoms with Crippen molar-refractivity contribution >= 4 is 17.7 Å². The van der Waals surface area contributed by atoms with Gasteiger partial charge >= 0.3 is 0 Å². The molecule has 0 saturated heterocycles. The second-order valence-electron chi connectivity index (χ2n) is 5.25. The molecule has 0 atom stereocenters. The Hall–Kier alpha value is -0.960. The molecule has 0 radical (unpaired) electrons. The van der Waals surface area contributed by atoms with Crippen LogP contribution in [0, 0.1) is 6.92 Å². The number of aryl methyl sites for hydroxylation is 1. The molecule has 3 heteroatoms. The van der Waals surface area contributed by atoms with Gasteiger partial charge < -0.3 is 5.32 Å². The van der Waals surface area contributed by atoms with Crippen LogP contribution < -0.4 is 5.32 Å². The summed E-state index contributed by atoms with van der Waals surface area (Å²) in [5.74, 6) is 1.08. The SMILES string of the molecule is Cc1ccc(C(=O)NCCSC2CCCCC2)cc1. The minimum absolute atomic E-state index is 0.0456. The van der Waals surface area contributed by atoms with Gasteiger partial charge in [-0.25, -0.2) is 0 Å². The summed E-state index contributed by atoms with van der Waals surface area (Å²) < 4.78 is 0. The quantitative estimate of drug-likeness (QED) is 0.830. The van der Waals surface area contributed by atoms with Gasteiger partial charge in [-0.1, -0.05) is 37.0 Å². The predicted octanol–water partition coefficient (Wildman–Crippen LogP) is 3.79. The van der Waals surface area contributed by atoms with Crippen molar-refractivity contribution in [1.29, 1.82) is 0 Å². The third kappa shape index (κ3) is 4.90. The Balaban J connectivity index is 1.64. The first-order chi connectivity index (χ1) is 9.25. The van der Waals surface area contributed by atoms with Crippen LogP contribution in [0.5, 0.6) is 0 Å². The second-order valence-corrected chi connectivity index (χ2v) is 6.66. The lowest BCUT2D eigenvalue weighted by Gasteiger charge is -2.20. The molecule has 1 aliphatic rings. The fourth-order valence-corrected chi connectivity index (χ4v) is 3.65. The zero-order valence-electron chi connectivity index (χ0n) is 11.7. The molecular weight excluding hydrogens is 254 g/mol. The van der Waals surface area contributed by atoms with E-state index in [4.69, 9.17) is 0 Å². The van der Waals surface area contributed by atoms with Gasteiger partial charge in [0.25, 0.3) is 5.91 Å². The van der Waals surface area contributed by atoms with Gasteiger partial charge in [0, 0.05) is 23.1 Å². The van der Waals surface area contributed by atoms with E-state index in [0.29, 0.717) is 0 Å². The molecule has 0 aliphatic heterocycles. The van der Waals surface area contributed by atoms with Crippen LogP contribution in [0.2, 0.25) is 0 Å². The average molecular weight is 277 g/mol. The summed E-state index contributed by atoms with van der Waals surface area (Å²) in [5, 5.41) is 3.82. The molecule has 1 aromatic carbocycles. The molecule has 1 aromatic rings. The van der Waals surface area contributed by atoms with E-state index in [9.17, 15) is 4.79 Å². The maximum atomic E-state index is 11.9. The van der Waals surface area contributed by atoms with Crippen molar-refractivity contribution < 1.29 is 4.79 Å². The number of hydrogen-bond acceptors (Lipinski definition) is 2. The largest absolute Gasteiger partial charge is 0.351 e. The Morgan fingerprint density at radius 1 is 1.21 bits per heavy atom. The highest BCUT2D eigenvalue weighted by Crippen LogP contribution is 2.27. The number of hydrogen-bond donors (Lipinski definition) is 1. The molecule has 1 fully saturated rings. The van der Waals surface area contributed by atoms with Crippen LogP contribution in [0.4, 0.5) is 0 Å². The summed E-state index contributed by atoms with van der Waals surface area (Å²) in [5.41, 5.74) is 1.94. The maximum absolute atomic E-state index is 11.9. The Labute approximate surface area is 120 Å². The van der Waals surface area contributed by atoms with Gasteiger partial charge in [-0.15, -0.1) is 0 Å². The zero-order chi connectivity index (χ0) is 13.5. The summed E-state index contributed by atoms with van der Waals surface area (Å²) in [6.45, 7) is 2.80. The fourth-order valence-electron chi connectivity index (χ4n) is 2.43. The van der Waals surface area contributed by atoms with E-state index in [0.717, 1.165) is 23.1 Å². The molecule has 1 saturated carbocycles. The maximum Gasteiger partial charge on any atom is 0.251 e. The molecule has 19 heavy (non-hydrogen) atoms. The van der Waals surface area contributed by atoms with Gasteiger partial charge in [0.15, 0.2) is 0 Å². The zero-order valence-corrected chi connectivity index (χ0v) is 12.5. The smallest absolute Gasteiger partial charge is 0.251 e. The van der Waals surface area contributed by atoms with E-state index < -0.39 is 0 Å². The Morgan fingerprint density at radius 3 is 2.58 bits per heavy atom. The fraction of sp³-hybridized carbons (Fsp3) is 0.562. The molecule has 0 bridgehead atoms. The molecule has 1 aliphatic carbocycles. The van der Waals surface area contributed by atoms with E-state index >= 15 is 0 Å². The van der Waals surface area contributed by atoms with Crippen molar-refractivity contribution in [1.82, 2.24) is 5.32 Å². The van der Waals surface area contributed by atoms with E-state index in [-0.39, 0.29) is 5.91 Å². The van der Waals surface area contributed by atoms with Crippen molar-refractivity contribution in [3.63, 3.8) is 0 Å². The predicted molar refractivity (Wildman–Crippen MR) is 82.8 cm³/mol. The molecule has 0 aromatic heterocycles. The Kier molecular flexibility index (Phi) is 5.77. The molecular formula is C16H23NOS. The van der Waals surface area contributed by atoms with Gasteiger partial charge in [-0.2, -0.15) is 11.8 Å². The van der Waals surface area contributed by atoms with Crippen LogP contribution in [0.3, 0.4) is 0 Å². The highest BCUT2D eigenvalue weighted by atomic mass is 32.2. The summed E-state index contributed by atoms with van der Waals surface area (Å²) in [6, 6.07) is 7.73. The van der Waals surface area contributed by atoms with E-state index in [1.807, 2.05) is 43.0 Å². The third-order valence-electron chi connectivity index (χ3n) is 3.61. The standard InChI is InChI=1S/C16H23NOS/c1-13-7-9-14(10-8-13)16(18)17-11-12-19-15-5-3-2-4-6-15/h7-10,15H,2-6,11-12H2,1H3,(H,17,18). The van der Waals surface area contributed by atoms with E-state index in [1.165, 1.54) is 37.7 Å². The molecule has 2 rings (SSSR count). The van der Waals surface area contributed by atoms with Crippen LogP contribution in [0.15, 0.2) is 24.3 Å². The van der Waals surface area contributed by atoms with Gasteiger partial charge in [0.2, 0.25) is 0 Å². The minimum Gasteiger partial charge on any atom is -0.351 e. The first-order valence-corrected chi connectivity index (χ1v) is 8.27. The Bertz CT molecular complexity index is 396. The number of nitrogens with one attached hydrogen (secondary N) is 1. The molecule has 1 N–H and O–H groups in total. The number of rotatable bonds is 5. The molecule has 0 spiro atoms. The summed E-state index contributed by atoms with van der Waals surface area (Å²) in [7, 11) is 0. The molecule has 0 heterocycles. The van der Waals surface area contributed by atoms with Crippen molar-refractivity contribution in [3.05, 3.63) is 35.4 Å². The van der Waals surface area contributed by atoms with Crippen LogP contribution in [-0.4, -0.2) is 23.5 Å². The summed E-state index contributed by atoms with van der Waals surface area (Å²) >= 11 is 2.02. The molecule has 0 unspecified atom stereocenters. The van der Waals surface area contributed by atoms with Gasteiger partial charge in [-0.05, 0) is 31.9 Å². The number of thioether (sulfide) groups is 1. The summed E-state index contributed by atoms with van der Waals surface area (Å²) in [4.78, 5) is 11.9. The first kappa shape index (κ1) is 14.4. The minimum atomic E-state index is 0.0456. The monoisotopic (exact) mass is 277 g/mol. The van der Waals surface area contributed by atoms with Gasteiger partial charge in [0.05, 0.1) is 0 Å². The highest BCUT2D eigenvalue weighted by molar-refractivity contribution is 7.99. The number of benzene rings is 1. The number of amides is 1. The van der Waals surface area contributed by atoms with Crippen molar-refractivity contribution in [2.45, 2.75) is 44.3 Å². The van der Waals surface area contributed by atoms with Crippen LogP contribution in [-0.2, 0) is 0 Å². The van der Waals surface area contributed by atoms with Crippen molar-refractivity contribution in [3.8, 4) is 0 Å². The number of carbonyl (C=O) groups excluding carboxylic acids is 1. The topological polar surface area (TPSA) is 29.1 Å². The lowest BCUT2D eigenvalue weighted by molar-refractivity contribution is 0.0956. The molecule has 1 amide bonds. The lowest BCUT2D eigenvalue weighted by Crippen LogP contribution is -2.26. The van der Waals surface area contributed by atoms with Gasteiger partial charge in [0.1, 0.15) is 0 Å². The first-order valence-electron chi connectivity index (χ1n) is 7.22. The van der Waals surface area contributed by atoms with Crippen LogP contribution in [0.25, 0.3) is 0 Å². The molecule has 104 valence electrons. The van der Waals surface area contributed by atoms with Crippen molar-refractivity contribution in [2.75, 3.05) is 12.3 Å². The second kappa shape index (κ2) is 7.59. The third-order valence-corrected chi connectivity index (χ3v) is 4.99. The van der Waals surface area contributed by atoms with Crippen LogP contribution >= 0.6 is 11.8 Å². The number of carbonyl (C=O) groups is 1. The average Bonchev–Trinajstić information content (AvgIpc) is 2.45. The van der Waals surface area contributed by atoms with E-state index in [1.54, 1.807) is 0 Å². The van der Waals surface area contributed by atoms with Crippen LogP contribution in [0.1, 0.15) is 48.0 Å². The Morgan fingerprint density at radius 2 is 1.89 bits per heavy atom.